The SMILES string of the molecule is COc1cc(C(=O)N(C)c2ccc(C)cc2OCCCCC(C=O)N2CCN(C)CC2)ccc1NC(=O)c1cccc2[nH]c(C(=O)N(C)C)cc12.Cl. The number of ether oxygens (including phenoxy) is 2. The van der Waals surface area contributed by atoms with E-state index in [9.17, 15) is 19.2 Å². The van der Waals surface area contributed by atoms with E-state index >= 15 is 0 Å². The first kappa shape index (κ1) is 39.9. The van der Waals surface area contributed by atoms with Crippen LogP contribution in [0.4, 0.5) is 11.4 Å². The number of hydrogen-bond donors (Lipinski definition) is 2. The lowest BCUT2D eigenvalue weighted by atomic mass is 10.1. The van der Waals surface area contributed by atoms with Crippen LogP contribution >= 0.6 is 12.4 Å². The van der Waals surface area contributed by atoms with E-state index in [0.29, 0.717) is 57.2 Å². The van der Waals surface area contributed by atoms with Crippen molar-refractivity contribution in [2.24, 2.45) is 0 Å². The Labute approximate surface area is 311 Å². The zero-order valence-corrected chi connectivity index (χ0v) is 31.5. The first-order chi connectivity index (χ1) is 24.5. The number of carbonyl (C=O) groups is 4. The molecule has 3 amide bonds. The Kier molecular flexibility index (Phi) is 13.8. The number of aromatic amines is 1. The maximum Gasteiger partial charge on any atom is 0.269 e. The molecule has 0 radical (unpaired) electrons. The molecule has 0 saturated carbocycles. The monoisotopic (exact) mass is 732 g/mol. The molecule has 4 aromatic rings. The Morgan fingerprint density at radius 1 is 0.942 bits per heavy atom. The number of amides is 3. The van der Waals surface area contributed by atoms with Gasteiger partial charge in [-0.2, -0.15) is 0 Å². The van der Waals surface area contributed by atoms with Gasteiger partial charge >= 0.3 is 0 Å². The Hall–Kier alpha value is -4.91. The lowest BCUT2D eigenvalue weighted by molar-refractivity contribution is -0.113. The molecule has 5 rings (SSSR count). The summed E-state index contributed by atoms with van der Waals surface area (Å²) in [5, 5.41) is 3.51. The molecule has 3 aromatic carbocycles. The van der Waals surface area contributed by atoms with Gasteiger partial charge in [-0.05, 0) is 87.3 Å². The van der Waals surface area contributed by atoms with Crippen molar-refractivity contribution in [2.75, 3.05) is 78.3 Å². The number of likely N-dealkylation sites (N-methyl/N-ethyl adjacent to an activating group) is 1. The minimum atomic E-state index is -0.389. The number of rotatable bonds is 14. The molecule has 1 unspecified atom stereocenters. The van der Waals surface area contributed by atoms with E-state index in [2.05, 4.69) is 27.1 Å². The highest BCUT2D eigenvalue weighted by molar-refractivity contribution is 6.14. The molecule has 278 valence electrons. The summed E-state index contributed by atoms with van der Waals surface area (Å²) in [4.78, 5) is 62.2. The summed E-state index contributed by atoms with van der Waals surface area (Å²) in [6.45, 7) is 6.18. The van der Waals surface area contributed by atoms with Gasteiger partial charge in [0.05, 0.1) is 31.1 Å². The number of piperazine rings is 1. The molecule has 1 atom stereocenters. The molecule has 0 aliphatic carbocycles. The van der Waals surface area contributed by atoms with Crippen molar-refractivity contribution in [3.63, 3.8) is 0 Å². The van der Waals surface area contributed by atoms with Crippen LogP contribution < -0.4 is 19.7 Å². The third-order valence-electron chi connectivity index (χ3n) is 9.34. The summed E-state index contributed by atoms with van der Waals surface area (Å²) in [6.07, 6.45) is 3.48. The second-order valence-electron chi connectivity index (χ2n) is 13.2. The number of fused-ring (bicyclic) bond motifs is 1. The zero-order chi connectivity index (χ0) is 36.7. The number of aldehydes is 1. The van der Waals surface area contributed by atoms with Gasteiger partial charge in [0.1, 0.15) is 23.5 Å². The van der Waals surface area contributed by atoms with Crippen LogP contribution in [0.5, 0.6) is 11.5 Å². The molecule has 1 aliphatic heterocycles. The zero-order valence-electron chi connectivity index (χ0n) is 30.7. The number of nitrogens with one attached hydrogen (secondary N) is 2. The molecular formula is C39H49ClN6O6. The summed E-state index contributed by atoms with van der Waals surface area (Å²) < 4.78 is 11.8. The van der Waals surface area contributed by atoms with Gasteiger partial charge in [-0.15, -0.1) is 12.4 Å². The van der Waals surface area contributed by atoms with Crippen LogP contribution in [0.1, 0.15) is 56.0 Å². The number of unbranched alkanes of at least 4 members (excludes halogenated alkanes) is 1. The molecule has 1 fully saturated rings. The van der Waals surface area contributed by atoms with Gasteiger partial charge in [0.15, 0.2) is 0 Å². The van der Waals surface area contributed by atoms with Crippen molar-refractivity contribution < 1.29 is 28.7 Å². The fourth-order valence-electron chi connectivity index (χ4n) is 6.27. The largest absolute Gasteiger partial charge is 0.495 e. The second kappa shape index (κ2) is 18.0. The van der Waals surface area contributed by atoms with E-state index in [0.717, 1.165) is 57.3 Å². The highest BCUT2D eigenvalue weighted by Gasteiger charge is 2.23. The molecule has 0 spiro atoms. The van der Waals surface area contributed by atoms with Crippen molar-refractivity contribution in [2.45, 2.75) is 32.2 Å². The van der Waals surface area contributed by atoms with Crippen molar-refractivity contribution >= 4 is 58.7 Å². The summed E-state index contributed by atoms with van der Waals surface area (Å²) in [5.41, 5.74) is 3.81. The molecule has 1 saturated heterocycles. The summed E-state index contributed by atoms with van der Waals surface area (Å²) in [6, 6.07) is 17.4. The molecule has 0 bridgehead atoms. The highest BCUT2D eigenvalue weighted by atomic mass is 35.5. The van der Waals surface area contributed by atoms with Crippen LogP contribution in [0.15, 0.2) is 60.7 Å². The van der Waals surface area contributed by atoms with Gasteiger partial charge in [-0.25, -0.2) is 0 Å². The van der Waals surface area contributed by atoms with Crippen LogP contribution in [-0.4, -0.2) is 118 Å². The molecule has 52 heavy (non-hydrogen) atoms. The van der Waals surface area contributed by atoms with E-state index in [-0.39, 0.29) is 36.2 Å². The lowest BCUT2D eigenvalue weighted by Crippen LogP contribution is -2.49. The van der Waals surface area contributed by atoms with Crippen LogP contribution in [0, 0.1) is 6.92 Å². The number of H-pyrrole nitrogens is 1. The van der Waals surface area contributed by atoms with Gasteiger partial charge in [0.25, 0.3) is 17.7 Å². The summed E-state index contributed by atoms with van der Waals surface area (Å²) >= 11 is 0. The van der Waals surface area contributed by atoms with E-state index in [1.165, 1.54) is 16.9 Å². The second-order valence-corrected chi connectivity index (χ2v) is 13.2. The van der Waals surface area contributed by atoms with Gasteiger partial charge < -0.3 is 39.3 Å². The molecule has 2 N–H and O–H groups in total. The van der Waals surface area contributed by atoms with E-state index in [1.807, 2.05) is 25.1 Å². The van der Waals surface area contributed by atoms with Crippen molar-refractivity contribution in [3.05, 3.63) is 83.0 Å². The molecule has 13 heteroatoms. The predicted octanol–water partition coefficient (Wildman–Crippen LogP) is 5.50. The number of carbonyl (C=O) groups excluding carboxylic acids is 4. The number of nitrogens with zero attached hydrogens (tertiary/aromatic N) is 4. The Morgan fingerprint density at radius 2 is 1.69 bits per heavy atom. The van der Waals surface area contributed by atoms with Gasteiger partial charge in [0.2, 0.25) is 0 Å². The fraction of sp³-hybridized carbons (Fsp3) is 0.385. The average molecular weight is 733 g/mol. The minimum absolute atomic E-state index is 0. The maximum atomic E-state index is 13.8. The highest BCUT2D eigenvalue weighted by Crippen LogP contribution is 2.32. The van der Waals surface area contributed by atoms with Crippen molar-refractivity contribution in [3.8, 4) is 11.5 Å². The average Bonchev–Trinajstić information content (AvgIpc) is 3.57. The van der Waals surface area contributed by atoms with Crippen LogP contribution in [-0.2, 0) is 4.79 Å². The number of hydrogen-bond acceptors (Lipinski definition) is 8. The number of benzene rings is 3. The Morgan fingerprint density at radius 3 is 2.38 bits per heavy atom. The van der Waals surface area contributed by atoms with E-state index < -0.39 is 0 Å². The summed E-state index contributed by atoms with van der Waals surface area (Å²) in [7, 11) is 8.60. The molecule has 1 aromatic heterocycles. The normalized spacial score (nSPS) is 13.9. The van der Waals surface area contributed by atoms with Crippen LogP contribution in [0.2, 0.25) is 0 Å². The van der Waals surface area contributed by atoms with Crippen LogP contribution in [0.3, 0.4) is 0 Å². The number of anilines is 2. The predicted molar refractivity (Wildman–Crippen MR) is 207 cm³/mol. The van der Waals surface area contributed by atoms with Crippen molar-refractivity contribution in [1.82, 2.24) is 19.7 Å². The first-order valence-electron chi connectivity index (χ1n) is 17.2. The summed E-state index contributed by atoms with van der Waals surface area (Å²) in [5.74, 6) is 0.0474. The van der Waals surface area contributed by atoms with E-state index in [1.54, 1.807) is 63.6 Å². The van der Waals surface area contributed by atoms with Gasteiger partial charge in [0, 0.05) is 69.4 Å². The topological polar surface area (TPSA) is 128 Å². The smallest absolute Gasteiger partial charge is 0.269 e. The third kappa shape index (κ3) is 9.30. The molecule has 2 heterocycles. The standard InChI is InChI=1S/C39H48N6O6.ClH/c1-26-13-16-34(36(22-26)51-21-8-7-10-28(25-46)45-19-17-43(4)18-20-45)44(5)38(48)27-14-15-32(35(23-27)50-6)41-37(47)29-11-9-12-31-30(29)24-33(40-31)39(49)42(2)3;/h9,11-16,22-25,28,40H,7-8,10,17-21H2,1-6H3,(H,41,47);1H. The number of aromatic nitrogens is 1. The van der Waals surface area contributed by atoms with E-state index in [4.69, 9.17) is 9.47 Å². The quantitative estimate of drug-likeness (QED) is 0.129. The van der Waals surface area contributed by atoms with Crippen molar-refractivity contribution in [1.29, 1.82) is 0 Å². The fourth-order valence-corrected chi connectivity index (χ4v) is 6.27. The molecule has 12 nitrogen and oxygen atoms in total. The lowest BCUT2D eigenvalue weighted by Gasteiger charge is -2.35. The minimum Gasteiger partial charge on any atom is -0.495 e. The number of methoxy groups -OCH3 is 1. The Bertz CT molecular complexity index is 1890. The maximum absolute atomic E-state index is 13.8. The number of halogens is 1. The third-order valence-corrected chi connectivity index (χ3v) is 9.34. The molecular weight excluding hydrogens is 684 g/mol. The first-order valence-corrected chi connectivity index (χ1v) is 17.2. The van der Waals surface area contributed by atoms with Crippen LogP contribution in [0.25, 0.3) is 10.9 Å². The Balaban J connectivity index is 0.00000605. The molecule has 1 aliphatic rings. The number of aryl methyl sites for hydroxylation is 1. The van der Waals surface area contributed by atoms with Gasteiger partial charge in [-0.3, -0.25) is 19.3 Å². The van der Waals surface area contributed by atoms with Gasteiger partial charge in [-0.1, -0.05) is 12.1 Å².